The van der Waals surface area contributed by atoms with Gasteiger partial charge in [-0.1, -0.05) is 0 Å². The maximum Gasteiger partial charge on any atom is 0.413 e. The minimum atomic E-state index is -0.602. The van der Waals surface area contributed by atoms with Crippen LogP contribution in [0.3, 0.4) is 0 Å². The van der Waals surface area contributed by atoms with Gasteiger partial charge in [-0.3, -0.25) is 10.3 Å². The minimum Gasteiger partial charge on any atom is -0.497 e. The second kappa shape index (κ2) is 11.3. The van der Waals surface area contributed by atoms with E-state index in [2.05, 4.69) is 15.3 Å². The van der Waals surface area contributed by atoms with Crippen LogP contribution in [0.25, 0.3) is 22.3 Å². The number of carbonyl (C=O) groups is 1. The Morgan fingerprint density at radius 2 is 1.66 bits per heavy atom. The number of carbonyl (C=O) groups excluding carboxylic acids is 1. The van der Waals surface area contributed by atoms with Gasteiger partial charge in [0.25, 0.3) is 0 Å². The molecule has 2 aromatic carbocycles. The molecular weight excluding hydrogens is 486 g/mol. The third kappa shape index (κ3) is 6.46. The number of hydrogen-bond acceptors (Lipinski definition) is 9. The SMILES string of the molecule is COc1cc(OC)cc(N(CCO)c2ccc3ncc(-c4ccc(NC(=O)OC(C)(C)C)nc4)nc3c2)c1. The van der Waals surface area contributed by atoms with Crippen molar-refractivity contribution in [1.29, 1.82) is 0 Å². The van der Waals surface area contributed by atoms with Crippen molar-refractivity contribution in [2.75, 3.05) is 37.6 Å². The van der Waals surface area contributed by atoms with Crippen LogP contribution >= 0.6 is 0 Å². The summed E-state index contributed by atoms with van der Waals surface area (Å²) < 4.78 is 16.1. The number of pyridine rings is 1. The lowest BCUT2D eigenvalue weighted by atomic mass is 10.1. The molecule has 0 bridgehead atoms. The summed E-state index contributed by atoms with van der Waals surface area (Å²) in [6.45, 7) is 5.68. The Hall–Kier alpha value is -4.44. The first-order valence-electron chi connectivity index (χ1n) is 12.0. The second-order valence-corrected chi connectivity index (χ2v) is 9.43. The number of amides is 1. The van der Waals surface area contributed by atoms with Crippen LogP contribution in [0.15, 0.2) is 60.9 Å². The second-order valence-electron chi connectivity index (χ2n) is 9.43. The number of anilines is 3. The molecule has 2 heterocycles. The highest BCUT2D eigenvalue weighted by atomic mass is 16.6. The molecule has 0 aliphatic rings. The van der Waals surface area contributed by atoms with Crippen LogP contribution in [-0.4, -0.2) is 59.1 Å². The Balaban J connectivity index is 1.63. The summed E-state index contributed by atoms with van der Waals surface area (Å²) >= 11 is 0. The molecule has 1 amide bonds. The lowest BCUT2D eigenvalue weighted by molar-refractivity contribution is 0.0635. The van der Waals surface area contributed by atoms with E-state index < -0.39 is 11.7 Å². The first kappa shape index (κ1) is 26.6. The van der Waals surface area contributed by atoms with E-state index in [0.717, 1.165) is 22.5 Å². The largest absolute Gasteiger partial charge is 0.497 e. The quantitative estimate of drug-likeness (QED) is 0.325. The van der Waals surface area contributed by atoms with Gasteiger partial charge in [-0.05, 0) is 51.1 Å². The van der Waals surface area contributed by atoms with Crippen molar-refractivity contribution in [3.8, 4) is 22.8 Å². The van der Waals surface area contributed by atoms with Gasteiger partial charge in [0.15, 0.2) is 0 Å². The molecule has 0 radical (unpaired) electrons. The summed E-state index contributed by atoms with van der Waals surface area (Å²) in [5, 5.41) is 12.4. The van der Waals surface area contributed by atoms with Gasteiger partial charge in [-0.25, -0.2) is 14.8 Å². The number of fused-ring (bicyclic) bond motifs is 1. The van der Waals surface area contributed by atoms with E-state index in [1.165, 1.54) is 0 Å². The summed E-state index contributed by atoms with van der Waals surface area (Å²) in [5.74, 6) is 1.65. The van der Waals surface area contributed by atoms with E-state index in [1.807, 2.05) is 35.2 Å². The molecule has 0 fully saturated rings. The van der Waals surface area contributed by atoms with Crippen molar-refractivity contribution < 1.29 is 24.1 Å². The fourth-order valence-electron chi connectivity index (χ4n) is 3.79. The number of benzene rings is 2. The van der Waals surface area contributed by atoms with Gasteiger partial charge >= 0.3 is 6.09 Å². The summed E-state index contributed by atoms with van der Waals surface area (Å²) in [7, 11) is 3.19. The zero-order valence-corrected chi connectivity index (χ0v) is 22.1. The monoisotopic (exact) mass is 517 g/mol. The Labute approximate surface area is 221 Å². The number of rotatable bonds is 8. The maximum absolute atomic E-state index is 12.0. The highest BCUT2D eigenvalue weighted by Gasteiger charge is 2.17. The molecule has 2 N–H and O–H groups in total. The Morgan fingerprint density at radius 1 is 0.921 bits per heavy atom. The number of aliphatic hydroxyl groups is 1. The number of nitrogens with zero attached hydrogens (tertiary/aromatic N) is 4. The zero-order valence-electron chi connectivity index (χ0n) is 22.1. The molecule has 0 unspecified atom stereocenters. The lowest BCUT2D eigenvalue weighted by Gasteiger charge is -2.25. The van der Waals surface area contributed by atoms with Crippen LogP contribution in [0, 0.1) is 0 Å². The number of aromatic nitrogens is 3. The van der Waals surface area contributed by atoms with Gasteiger partial charge in [0, 0.05) is 47.9 Å². The third-order valence-electron chi connectivity index (χ3n) is 5.50. The number of hydrogen-bond donors (Lipinski definition) is 2. The van der Waals surface area contributed by atoms with Gasteiger partial charge in [0.2, 0.25) is 0 Å². The van der Waals surface area contributed by atoms with Gasteiger partial charge in [-0.2, -0.15) is 0 Å². The summed E-state index contributed by atoms with van der Waals surface area (Å²) in [6.07, 6.45) is 2.72. The first-order chi connectivity index (χ1) is 18.2. The van der Waals surface area contributed by atoms with Gasteiger partial charge in [0.1, 0.15) is 22.9 Å². The first-order valence-corrected chi connectivity index (χ1v) is 12.0. The predicted octanol–water partition coefficient (Wildman–Crippen LogP) is 5.19. The Bertz CT molecular complexity index is 1400. The van der Waals surface area contributed by atoms with Crippen molar-refractivity contribution in [3.05, 3.63) is 60.9 Å². The summed E-state index contributed by atoms with van der Waals surface area (Å²) in [5.41, 5.74) is 3.79. The average molecular weight is 518 g/mol. The molecule has 4 aromatic rings. The molecule has 2 aromatic heterocycles. The Morgan fingerprint density at radius 3 is 2.26 bits per heavy atom. The minimum absolute atomic E-state index is 0.0569. The molecule has 0 saturated carbocycles. The molecule has 38 heavy (non-hydrogen) atoms. The molecular formula is C28H31N5O5. The lowest BCUT2D eigenvalue weighted by Crippen LogP contribution is -2.27. The molecule has 10 nitrogen and oxygen atoms in total. The number of ether oxygens (including phenoxy) is 3. The van der Waals surface area contributed by atoms with E-state index in [9.17, 15) is 9.90 Å². The van der Waals surface area contributed by atoms with Crippen LogP contribution < -0.4 is 19.7 Å². The molecule has 0 aliphatic heterocycles. The number of methoxy groups -OCH3 is 2. The maximum atomic E-state index is 12.0. The highest BCUT2D eigenvalue weighted by molar-refractivity contribution is 5.85. The van der Waals surface area contributed by atoms with Crippen LogP contribution in [0.4, 0.5) is 22.0 Å². The standard InChI is InChI=1S/C28H31N5O5/c1-28(2,3)38-27(35)32-26-9-6-18(16-30-26)25-17-29-23-8-7-19(14-24(23)31-25)33(10-11-34)20-12-21(36-4)15-22(13-20)37-5/h6-9,12-17,34H,10-11H2,1-5H3,(H,30,32,35). The fourth-order valence-corrected chi connectivity index (χ4v) is 3.79. The van der Waals surface area contributed by atoms with Crippen molar-refractivity contribution in [1.82, 2.24) is 15.0 Å². The average Bonchev–Trinajstić information content (AvgIpc) is 2.90. The fraction of sp³-hybridized carbons (Fsp3) is 0.286. The van der Waals surface area contributed by atoms with Gasteiger partial charge in [-0.15, -0.1) is 0 Å². The van der Waals surface area contributed by atoms with Crippen LogP contribution in [0.2, 0.25) is 0 Å². The van der Waals surface area contributed by atoms with Crippen LogP contribution in [-0.2, 0) is 4.74 Å². The molecule has 0 spiro atoms. The molecule has 0 atom stereocenters. The van der Waals surface area contributed by atoms with Crippen molar-refractivity contribution >= 4 is 34.3 Å². The third-order valence-corrected chi connectivity index (χ3v) is 5.50. The topological polar surface area (TPSA) is 119 Å². The van der Waals surface area contributed by atoms with Gasteiger partial charge in [0.05, 0.1) is 43.8 Å². The smallest absolute Gasteiger partial charge is 0.413 e. The highest BCUT2D eigenvalue weighted by Crippen LogP contribution is 2.34. The van der Waals surface area contributed by atoms with E-state index in [1.54, 1.807) is 65.6 Å². The molecule has 198 valence electrons. The predicted molar refractivity (Wildman–Crippen MR) is 146 cm³/mol. The molecule has 10 heteroatoms. The summed E-state index contributed by atoms with van der Waals surface area (Å²) in [6, 6.07) is 14.8. The normalized spacial score (nSPS) is 11.2. The van der Waals surface area contributed by atoms with E-state index in [-0.39, 0.29) is 6.61 Å². The number of aliphatic hydroxyl groups excluding tert-OH is 1. The molecule has 0 saturated heterocycles. The van der Waals surface area contributed by atoms with E-state index in [4.69, 9.17) is 19.2 Å². The van der Waals surface area contributed by atoms with Gasteiger partial charge < -0.3 is 24.2 Å². The van der Waals surface area contributed by atoms with Crippen LogP contribution in [0.5, 0.6) is 11.5 Å². The zero-order chi connectivity index (χ0) is 27.3. The van der Waals surface area contributed by atoms with E-state index >= 15 is 0 Å². The molecule has 0 aliphatic carbocycles. The summed E-state index contributed by atoms with van der Waals surface area (Å²) in [4.78, 5) is 27.6. The van der Waals surface area contributed by atoms with Crippen molar-refractivity contribution in [2.45, 2.75) is 26.4 Å². The Kier molecular flexibility index (Phi) is 7.92. The van der Waals surface area contributed by atoms with E-state index in [0.29, 0.717) is 35.1 Å². The van der Waals surface area contributed by atoms with Crippen LogP contribution in [0.1, 0.15) is 20.8 Å². The van der Waals surface area contributed by atoms with Crippen molar-refractivity contribution in [3.63, 3.8) is 0 Å². The number of nitrogens with one attached hydrogen (secondary N) is 1. The van der Waals surface area contributed by atoms with Crippen molar-refractivity contribution in [2.24, 2.45) is 0 Å². The molecule has 4 rings (SSSR count).